The Hall–Kier alpha value is -3.15. The van der Waals surface area contributed by atoms with Gasteiger partial charge in [0, 0.05) is 12.6 Å². The maximum atomic E-state index is 14.6. The Morgan fingerprint density at radius 3 is 2.06 bits per heavy atom. The molecule has 35 heavy (non-hydrogen) atoms. The topological polar surface area (TPSA) is 115 Å². The highest BCUT2D eigenvalue weighted by Gasteiger charge is 2.52. The van der Waals surface area contributed by atoms with Crippen LogP contribution in [0.15, 0.2) is 39.9 Å². The van der Waals surface area contributed by atoms with Crippen LogP contribution in [0.1, 0.15) is 60.1 Å². The highest BCUT2D eigenvalue weighted by Crippen LogP contribution is 2.44. The van der Waals surface area contributed by atoms with E-state index in [2.05, 4.69) is 4.99 Å². The molecule has 0 aromatic heterocycles. The van der Waals surface area contributed by atoms with Crippen LogP contribution < -0.4 is 0 Å². The Bertz CT molecular complexity index is 1180. The molecule has 0 N–H and O–H groups in total. The smallest absolute Gasteiger partial charge is 0.427 e. The molecule has 192 valence electrons. The van der Waals surface area contributed by atoms with Crippen LogP contribution in [-0.4, -0.2) is 60.1 Å². The van der Waals surface area contributed by atoms with Crippen molar-refractivity contribution in [1.82, 2.24) is 9.21 Å². The number of nitrogens with zero attached hydrogens (tertiary/aromatic N) is 3. The Labute approximate surface area is 204 Å². The van der Waals surface area contributed by atoms with Crippen molar-refractivity contribution in [3.8, 4) is 0 Å². The van der Waals surface area contributed by atoms with Gasteiger partial charge in [-0.1, -0.05) is 18.2 Å². The summed E-state index contributed by atoms with van der Waals surface area (Å²) in [6.45, 7) is 11.0. The average molecular weight is 512 g/mol. The lowest BCUT2D eigenvalue weighted by Gasteiger charge is -2.35. The zero-order valence-electron chi connectivity index (χ0n) is 20.9. The van der Waals surface area contributed by atoms with Gasteiger partial charge in [0.2, 0.25) is 5.96 Å². The zero-order valence-corrected chi connectivity index (χ0v) is 21.8. The van der Waals surface area contributed by atoms with E-state index >= 15 is 0 Å². The van der Waals surface area contributed by atoms with E-state index in [0.717, 1.165) is 7.05 Å². The van der Waals surface area contributed by atoms with Crippen LogP contribution in [-0.2, 0) is 24.2 Å². The lowest BCUT2D eigenvalue weighted by atomic mass is 10.0. The summed E-state index contributed by atoms with van der Waals surface area (Å²) in [6, 6.07) is 4.48. The van der Waals surface area contributed by atoms with Crippen LogP contribution in [0, 0.1) is 5.82 Å². The predicted molar refractivity (Wildman–Crippen MR) is 125 cm³/mol. The molecule has 0 aliphatic carbocycles. The second-order valence-electron chi connectivity index (χ2n) is 10.1. The van der Waals surface area contributed by atoms with Gasteiger partial charge >= 0.3 is 12.2 Å². The molecule has 1 unspecified atom stereocenters. The van der Waals surface area contributed by atoms with Gasteiger partial charge in [-0.15, -0.1) is 4.90 Å². The SMILES string of the molecule is CC1=C2[C@@H](N=C(N(C(=O)OC(C)(C)C)C(=O)OC(C)(C)C)N(C)S2(=O)=O)C(c2ccccc2F)O1. The number of imide groups is 1. The number of carbonyl (C=O) groups is 2. The second-order valence-corrected chi connectivity index (χ2v) is 12.1. The molecule has 3 rings (SSSR count). The summed E-state index contributed by atoms with van der Waals surface area (Å²) < 4.78 is 58.7. The molecule has 2 amide bonds. The minimum absolute atomic E-state index is 0.0407. The number of hydrogen-bond acceptors (Lipinski definition) is 8. The van der Waals surface area contributed by atoms with Crippen molar-refractivity contribution in [3.05, 3.63) is 46.3 Å². The zero-order chi connectivity index (χ0) is 26.5. The maximum absolute atomic E-state index is 14.6. The molecule has 2 aliphatic rings. The van der Waals surface area contributed by atoms with E-state index in [-0.39, 0.29) is 16.2 Å². The Kier molecular flexibility index (Phi) is 6.66. The van der Waals surface area contributed by atoms with E-state index in [1.54, 1.807) is 47.6 Å². The molecular formula is C23H30FN3O7S. The molecule has 10 nitrogen and oxygen atoms in total. The monoisotopic (exact) mass is 511 g/mol. The number of benzene rings is 1. The molecule has 12 heteroatoms. The molecule has 2 heterocycles. The first-order chi connectivity index (χ1) is 15.9. The average Bonchev–Trinajstić information content (AvgIpc) is 3.00. The summed E-state index contributed by atoms with van der Waals surface area (Å²) in [5.74, 6) is -1.13. The van der Waals surface area contributed by atoms with Crippen LogP contribution in [0.4, 0.5) is 14.0 Å². The lowest BCUT2D eigenvalue weighted by Crippen LogP contribution is -2.56. The summed E-state index contributed by atoms with van der Waals surface area (Å²) in [5.41, 5.74) is -1.95. The Morgan fingerprint density at radius 1 is 1.06 bits per heavy atom. The first-order valence-corrected chi connectivity index (χ1v) is 12.3. The van der Waals surface area contributed by atoms with E-state index in [0.29, 0.717) is 9.21 Å². The standard InChI is InChI=1S/C23H30FN3O7S/c1-13-18-16(17(32-13)14-11-9-10-12-15(14)24)25-19(26(8)35(18,30)31)27(20(28)33-22(2,3)4)21(29)34-23(5,6)7/h9-12,16-17H,1-8H3/t16-,17?/m0/s1. The molecule has 0 radical (unpaired) electrons. The third-order valence-corrected chi connectivity index (χ3v) is 6.91. The third-order valence-electron chi connectivity index (χ3n) is 4.94. The normalized spacial score (nSPS) is 21.6. The lowest BCUT2D eigenvalue weighted by molar-refractivity contribution is 0.0133. The Morgan fingerprint density at radius 2 is 1.57 bits per heavy atom. The number of rotatable bonds is 1. The summed E-state index contributed by atoms with van der Waals surface area (Å²) in [4.78, 5) is 30.9. The van der Waals surface area contributed by atoms with Gasteiger partial charge in [0.15, 0.2) is 6.10 Å². The van der Waals surface area contributed by atoms with E-state index in [9.17, 15) is 22.4 Å². The molecule has 0 saturated carbocycles. The van der Waals surface area contributed by atoms with Gasteiger partial charge in [-0.05, 0) is 54.5 Å². The number of ether oxygens (including phenoxy) is 3. The molecule has 2 aliphatic heterocycles. The van der Waals surface area contributed by atoms with Crippen LogP contribution in [0.25, 0.3) is 0 Å². The van der Waals surface area contributed by atoms with E-state index in [1.165, 1.54) is 25.1 Å². The highest BCUT2D eigenvalue weighted by molar-refractivity contribution is 7.93. The number of sulfonamides is 1. The first-order valence-electron chi connectivity index (χ1n) is 10.9. The fourth-order valence-electron chi connectivity index (χ4n) is 3.57. The van der Waals surface area contributed by atoms with Crippen LogP contribution >= 0.6 is 0 Å². The van der Waals surface area contributed by atoms with Crippen molar-refractivity contribution in [1.29, 1.82) is 0 Å². The molecule has 2 atom stereocenters. The van der Waals surface area contributed by atoms with Crippen molar-refractivity contribution in [2.24, 2.45) is 4.99 Å². The fourth-order valence-corrected chi connectivity index (χ4v) is 5.10. The molecule has 1 aromatic rings. The number of aliphatic imine (C=N–C) groups is 1. The summed E-state index contributed by atoms with van der Waals surface area (Å²) >= 11 is 0. The summed E-state index contributed by atoms with van der Waals surface area (Å²) in [6.07, 6.45) is -3.50. The number of guanidine groups is 1. The second kappa shape index (κ2) is 8.81. The minimum atomic E-state index is -4.31. The number of allylic oxidation sites excluding steroid dienone is 1. The van der Waals surface area contributed by atoms with Crippen LogP contribution in [0.2, 0.25) is 0 Å². The summed E-state index contributed by atoms with van der Waals surface area (Å²) in [7, 11) is -3.17. The summed E-state index contributed by atoms with van der Waals surface area (Å²) in [5, 5.41) is 0. The molecule has 0 bridgehead atoms. The van der Waals surface area contributed by atoms with Crippen LogP contribution in [0.5, 0.6) is 0 Å². The van der Waals surface area contributed by atoms with Gasteiger partial charge in [0.1, 0.15) is 33.7 Å². The minimum Gasteiger partial charge on any atom is -0.486 e. The third kappa shape index (κ3) is 5.26. The van der Waals surface area contributed by atoms with Gasteiger partial charge in [-0.2, -0.15) is 0 Å². The first kappa shape index (κ1) is 26.5. The largest absolute Gasteiger partial charge is 0.486 e. The van der Waals surface area contributed by atoms with Crippen molar-refractivity contribution in [3.63, 3.8) is 0 Å². The maximum Gasteiger partial charge on any atom is 0.427 e. The number of halogens is 1. The number of fused-ring (bicyclic) bond motifs is 1. The number of amides is 2. The van der Waals surface area contributed by atoms with Crippen molar-refractivity contribution in [2.75, 3.05) is 7.05 Å². The fraction of sp³-hybridized carbons (Fsp3) is 0.522. The predicted octanol–water partition coefficient (Wildman–Crippen LogP) is 4.30. The Balaban J connectivity index is 2.19. The van der Waals surface area contributed by atoms with Crippen molar-refractivity contribution >= 4 is 28.2 Å². The molecule has 0 saturated heterocycles. The molecule has 1 aromatic carbocycles. The van der Waals surface area contributed by atoms with Gasteiger partial charge in [0.25, 0.3) is 10.0 Å². The molecular weight excluding hydrogens is 481 g/mol. The van der Waals surface area contributed by atoms with Crippen molar-refractivity contribution < 1.29 is 36.6 Å². The molecule has 0 spiro atoms. The van der Waals surface area contributed by atoms with E-state index < -0.39 is 57.3 Å². The van der Waals surface area contributed by atoms with Gasteiger partial charge in [-0.25, -0.2) is 31.7 Å². The van der Waals surface area contributed by atoms with Crippen molar-refractivity contribution in [2.45, 2.75) is 71.8 Å². The van der Waals surface area contributed by atoms with Gasteiger partial charge < -0.3 is 14.2 Å². The van der Waals surface area contributed by atoms with Gasteiger partial charge in [0.05, 0.1) is 0 Å². The van der Waals surface area contributed by atoms with Gasteiger partial charge in [-0.3, -0.25) is 0 Å². The highest BCUT2D eigenvalue weighted by atomic mass is 32.2. The number of carbonyl (C=O) groups excluding carboxylic acids is 2. The van der Waals surface area contributed by atoms with E-state index in [4.69, 9.17) is 14.2 Å². The molecule has 0 fully saturated rings. The quantitative estimate of drug-likeness (QED) is 0.552. The number of hydrogen-bond donors (Lipinski definition) is 0. The van der Waals surface area contributed by atoms with E-state index in [1.807, 2.05) is 0 Å². The van der Waals surface area contributed by atoms with Crippen LogP contribution in [0.3, 0.4) is 0 Å².